The number of halogens is 1. The molecule has 1 aromatic carbocycles. The molecule has 0 spiro atoms. The number of rotatable bonds is 2. The van der Waals surface area contributed by atoms with Crippen LogP contribution in [0.4, 0.5) is 0 Å². The second-order valence-corrected chi connectivity index (χ2v) is 3.62. The van der Waals surface area contributed by atoms with E-state index in [2.05, 4.69) is 20.8 Å². The number of fused-ring (bicyclic) bond motifs is 1. The standard InChI is InChI=1S/C9H8BrNO2/c10-7-2-1-6-3-8(5-12-11)13-9(6)4-7/h1-4H,5,11H2. The summed E-state index contributed by atoms with van der Waals surface area (Å²) in [5, 5.41) is 1.05. The maximum absolute atomic E-state index is 5.45. The molecule has 2 rings (SSSR count). The molecule has 13 heavy (non-hydrogen) atoms. The molecule has 0 amide bonds. The summed E-state index contributed by atoms with van der Waals surface area (Å²) in [4.78, 5) is 4.48. The molecule has 3 nitrogen and oxygen atoms in total. The molecule has 0 fully saturated rings. The van der Waals surface area contributed by atoms with Crippen LogP contribution in [0.25, 0.3) is 11.0 Å². The van der Waals surface area contributed by atoms with E-state index in [4.69, 9.17) is 10.3 Å². The maximum atomic E-state index is 5.45. The summed E-state index contributed by atoms with van der Waals surface area (Å²) in [6.07, 6.45) is 0. The molecule has 4 heteroatoms. The summed E-state index contributed by atoms with van der Waals surface area (Å²) in [5.41, 5.74) is 0.835. The normalized spacial score (nSPS) is 10.9. The molecule has 0 unspecified atom stereocenters. The van der Waals surface area contributed by atoms with Crippen molar-refractivity contribution in [1.82, 2.24) is 0 Å². The highest BCUT2D eigenvalue weighted by Crippen LogP contribution is 2.23. The van der Waals surface area contributed by atoms with Crippen LogP contribution in [0.3, 0.4) is 0 Å². The Kier molecular flexibility index (Phi) is 2.35. The van der Waals surface area contributed by atoms with Crippen molar-refractivity contribution in [3.05, 3.63) is 34.5 Å². The Bertz CT molecular complexity index is 424. The molecule has 0 aliphatic heterocycles. The van der Waals surface area contributed by atoms with Gasteiger partial charge in [0.1, 0.15) is 18.0 Å². The molecule has 1 heterocycles. The second-order valence-electron chi connectivity index (χ2n) is 2.71. The molecule has 0 saturated carbocycles. The second kappa shape index (κ2) is 3.49. The minimum Gasteiger partial charge on any atom is -0.458 e. The van der Waals surface area contributed by atoms with Crippen LogP contribution in [-0.2, 0) is 11.4 Å². The van der Waals surface area contributed by atoms with Crippen molar-refractivity contribution >= 4 is 26.9 Å². The van der Waals surface area contributed by atoms with Crippen molar-refractivity contribution in [3.63, 3.8) is 0 Å². The quantitative estimate of drug-likeness (QED) is 0.823. The largest absolute Gasteiger partial charge is 0.458 e. The van der Waals surface area contributed by atoms with E-state index in [0.717, 1.165) is 21.2 Å². The molecule has 68 valence electrons. The Balaban J connectivity index is 2.49. The maximum Gasteiger partial charge on any atom is 0.135 e. The van der Waals surface area contributed by atoms with Crippen molar-refractivity contribution in [2.75, 3.05) is 0 Å². The van der Waals surface area contributed by atoms with Gasteiger partial charge < -0.3 is 4.42 Å². The molecule has 0 aliphatic carbocycles. The van der Waals surface area contributed by atoms with Gasteiger partial charge in [-0.1, -0.05) is 15.9 Å². The number of hydrogen-bond acceptors (Lipinski definition) is 3. The number of hydrogen-bond donors (Lipinski definition) is 1. The molecule has 0 saturated heterocycles. The lowest BCUT2D eigenvalue weighted by atomic mass is 10.2. The van der Waals surface area contributed by atoms with Gasteiger partial charge in [0.25, 0.3) is 0 Å². The zero-order chi connectivity index (χ0) is 9.26. The van der Waals surface area contributed by atoms with Crippen LogP contribution in [0.15, 0.2) is 33.2 Å². The van der Waals surface area contributed by atoms with Crippen molar-refractivity contribution < 1.29 is 9.25 Å². The SMILES string of the molecule is NOCc1cc2ccc(Br)cc2o1. The summed E-state index contributed by atoms with van der Waals surface area (Å²) in [7, 11) is 0. The highest BCUT2D eigenvalue weighted by molar-refractivity contribution is 9.10. The lowest BCUT2D eigenvalue weighted by molar-refractivity contribution is 0.110. The fourth-order valence-corrected chi connectivity index (χ4v) is 1.55. The highest BCUT2D eigenvalue weighted by atomic mass is 79.9. The Morgan fingerprint density at radius 3 is 3.00 bits per heavy atom. The Morgan fingerprint density at radius 1 is 1.38 bits per heavy atom. The van der Waals surface area contributed by atoms with Crippen LogP contribution in [0.2, 0.25) is 0 Å². The van der Waals surface area contributed by atoms with Crippen LogP contribution in [0.1, 0.15) is 5.76 Å². The average Bonchev–Trinajstić information content (AvgIpc) is 2.46. The fraction of sp³-hybridized carbons (Fsp3) is 0.111. The molecule has 2 N–H and O–H groups in total. The molecule has 0 aliphatic rings. The van der Waals surface area contributed by atoms with Crippen LogP contribution in [0.5, 0.6) is 0 Å². The van der Waals surface area contributed by atoms with Gasteiger partial charge in [-0.2, -0.15) is 0 Å². The van der Waals surface area contributed by atoms with E-state index >= 15 is 0 Å². The summed E-state index contributed by atoms with van der Waals surface area (Å²) in [6, 6.07) is 7.76. The number of nitrogens with two attached hydrogens (primary N) is 1. The molecule has 1 aromatic heterocycles. The zero-order valence-corrected chi connectivity index (χ0v) is 8.37. The summed E-state index contributed by atoms with van der Waals surface area (Å²) in [6.45, 7) is 0.298. The third-order valence-electron chi connectivity index (χ3n) is 1.76. The molecule has 0 radical (unpaired) electrons. The van der Waals surface area contributed by atoms with Crippen LogP contribution >= 0.6 is 15.9 Å². The monoisotopic (exact) mass is 241 g/mol. The van der Waals surface area contributed by atoms with E-state index in [0.29, 0.717) is 6.61 Å². The van der Waals surface area contributed by atoms with Gasteiger partial charge in [-0.15, -0.1) is 0 Å². The van der Waals surface area contributed by atoms with E-state index in [1.807, 2.05) is 24.3 Å². The molecule has 2 aromatic rings. The van der Waals surface area contributed by atoms with Gasteiger partial charge in [0.2, 0.25) is 0 Å². The Labute approximate surface area is 83.5 Å². The van der Waals surface area contributed by atoms with Gasteiger partial charge in [-0.05, 0) is 24.3 Å². The van der Waals surface area contributed by atoms with Crippen molar-refractivity contribution in [1.29, 1.82) is 0 Å². The van der Waals surface area contributed by atoms with E-state index in [1.165, 1.54) is 0 Å². The van der Waals surface area contributed by atoms with E-state index < -0.39 is 0 Å². The van der Waals surface area contributed by atoms with Crippen LogP contribution in [0, 0.1) is 0 Å². The summed E-state index contributed by atoms with van der Waals surface area (Å²) in [5.74, 6) is 5.68. The van der Waals surface area contributed by atoms with Gasteiger partial charge in [-0.3, -0.25) is 4.84 Å². The van der Waals surface area contributed by atoms with Crippen molar-refractivity contribution in [2.45, 2.75) is 6.61 Å². The third kappa shape index (κ3) is 1.75. The van der Waals surface area contributed by atoms with Gasteiger partial charge in [0, 0.05) is 9.86 Å². The van der Waals surface area contributed by atoms with Crippen LogP contribution < -0.4 is 5.90 Å². The fourth-order valence-electron chi connectivity index (χ4n) is 1.21. The molecule has 0 bridgehead atoms. The first-order valence-electron chi connectivity index (χ1n) is 3.79. The lowest BCUT2D eigenvalue weighted by Gasteiger charge is -1.90. The number of benzene rings is 1. The van der Waals surface area contributed by atoms with Crippen LogP contribution in [-0.4, -0.2) is 0 Å². The van der Waals surface area contributed by atoms with Gasteiger partial charge >= 0.3 is 0 Å². The van der Waals surface area contributed by atoms with Crippen molar-refractivity contribution in [3.8, 4) is 0 Å². The number of furan rings is 1. The first kappa shape index (κ1) is 8.74. The van der Waals surface area contributed by atoms with Gasteiger partial charge in [0.05, 0.1) is 0 Å². The summed E-state index contributed by atoms with van der Waals surface area (Å²) < 4.78 is 6.45. The average molecular weight is 242 g/mol. The lowest BCUT2D eigenvalue weighted by Crippen LogP contribution is -1.96. The van der Waals surface area contributed by atoms with Gasteiger partial charge in [0.15, 0.2) is 0 Å². The molecular formula is C9H8BrNO2. The predicted octanol–water partition coefficient (Wildman–Crippen LogP) is 2.59. The third-order valence-corrected chi connectivity index (χ3v) is 2.25. The van der Waals surface area contributed by atoms with Gasteiger partial charge in [-0.25, -0.2) is 5.90 Å². The topological polar surface area (TPSA) is 48.4 Å². The summed E-state index contributed by atoms with van der Waals surface area (Å²) >= 11 is 3.36. The molecule has 0 atom stereocenters. The smallest absolute Gasteiger partial charge is 0.135 e. The first-order valence-corrected chi connectivity index (χ1v) is 4.58. The van der Waals surface area contributed by atoms with E-state index in [1.54, 1.807) is 0 Å². The minimum absolute atomic E-state index is 0.298. The van der Waals surface area contributed by atoms with E-state index in [-0.39, 0.29) is 0 Å². The van der Waals surface area contributed by atoms with Crippen molar-refractivity contribution in [2.24, 2.45) is 5.90 Å². The first-order chi connectivity index (χ1) is 6.29. The zero-order valence-electron chi connectivity index (χ0n) is 6.79. The highest BCUT2D eigenvalue weighted by Gasteiger charge is 2.03. The predicted molar refractivity (Wildman–Crippen MR) is 52.9 cm³/mol. The minimum atomic E-state index is 0.298. The Morgan fingerprint density at radius 2 is 2.23 bits per heavy atom. The Hall–Kier alpha value is -0.840. The molecular weight excluding hydrogens is 234 g/mol. The van der Waals surface area contributed by atoms with E-state index in [9.17, 15) is 0 Å².